The molecule has 1 fully saturated rings. The van der Waals surface area contributed by atoms with Crippen molar-refractivity contribution in [1.82, 2.24) is 14.9 Å². The first-order valence-electron chi connectivity index (χ1n) is 10.8. The lowest BCUT2D eigenvalue weighted by atomic mass is 10.0. The topological polar surface area (TPSA) is 78.5 Å². The van der Waals surface area contributed by atoms with Gasteiger partial charge < -0.3 is 5.32 Å². The molecule has 1 aliphatic heterocycles. The zero-order chi connectivity index (χ0) is 22.6. The van der Waals surface area contributed by atoms with Crippen molar-refractivity contribution >= 4 is 15.9 Å². The molecule has 0 aliphatic carbocycles. The third-order valence-corrected chi connectivity index (χ3v) is 7.13. The molecule has 1 amide bonds. The second kappa shape index (κ2) is 9.51. The van der Waals surface area contributed by atoms with Crippen LogP contribution in [-0.4, -0.2) is 43.9 Å². The number of amides is 1. The molecule has 0 spiro atoms. The SMILES string of the molecule is Cc1ccc(S(=O)(=O)NC(C)(C)C)cc1C(=O)NC1CCN(Cc2ccccc2)CC1. The van der Waals surface area contributed by atoms with E-state index in [-0.39, 0.29) is 16.8 Å². The molecule has 7 heteroatoms. The molecule has 6 nitrogen and oxygen atoms in total. The molecule has 2 N–H and O–H groups in total. The number of carbonyl (C=O) groups excluding carboxylic acids is 1. The summed E-state index contributed by atoms with van der Waals surface area (Å²) in [5.41, 5.74) is 1.86. The van der Waals surface area contributed by atoms with Gasteiger partial charge in [0, 0.05) is 36.8 Å². The molecular formula is C24H33N3O3S. The van der Waals surface area contributed by atoms with E-state index in [1.165, 1.54) is 11.6 Å². The second-order valence-electron chi connectivity index (χ2n) is 9.34. The summed E-state index contributed by atoms with van der Waals surface area (Å²) in [5, 5.41) is 3.11. The molecule has 1 aliphatic rings. The fourth-order valence-corrected chi connectivity index (χ4v) is 5.26. The lowest BCUT2D eigenvalue weighted by Gasteiger charge is -2.32. The summed E-state index contributed by atoms with van der Waals surface area (Å²) in [4.78, 5) is 15.4. The van der Waals surface area contributed by atoms with E-state index in [9.17, 15) is 13.2 Å². The third-order valence-electron chi connectivity index (χ3n) is 5.38. The standard InChI is InChI=1S/C24H33N3O3S/c1-18-10-11-21(31(29,30)26-24(2,3)4)16-22(18)23(28)25-20-12-14-27(15-13-20)17-19-8-6-5-7-9-19/h5-11,16,20,26H,12-15,17H2,1-4H3,(H,25,28). The van der Waals surface area contributed by atoms with Gasteiger partial charge in [-0.2, -0.15) is 0 Å². The van der Waals surface area contributed by atoms with Crippen LogP contribution in [0.3, 0.4) is 0 Å². The molecule has 3 rings (SSSR count). The van der Waals surface area contributed by atoms with Crippen molar-refractivity contribution in [3.8, 4) is 0 Å². The normalized spacial score (nSPS) is 16.3. The molecule has 1 saturated heterocycles. The fraction of sp³-hybridized carbons (Fsp3) is 0.458. The second-order valence-corrected chi connectivity index (χ2v) is 11.0. The molecule has 0 atom stereocenters. The molecule has 0 unspecified atom stereocenters. The first kappa shape index (κ1) is 23.4. The van der Waals surface area contributed by atoms with Gasteiger partial charge in [-0.25, -0.2) is 13.1 Å². The summed E-state index contributed by atoms with van der Waals surface area (Å²) in [5.74, 6) is -0.216. The van der Waals surface area contributed by atoms with E-state index >= 15 is 0 Å². The lowest BCUT2D eigenvalue weighted by Crippen LogP contribution is -2.44. The molecule has 0 bridgehead atoms. The Bertz CT molecular complexity index is 1010. The van der Waals surface area contributed by atoms with Crippen LogP contribution >= 0.6 is 0 Å². The van der Waals surface area contributed by atoms with Crippen LogP contribution in [0.25, 0.3) is 0 Å². The van der Waals surface area contributed by atoms with Crippen LogP contribution in [0.1, 0.15) is 55.1 Å². The summed E-state index contributed by atoms with van der Waals surface area (Å²) < 4.78 is 28.0. The number of likely N-dealkylation sites (tertiary alicyclic amines) is 1. The maximum atomic E-state index is 12.9. The maximum absolute atomic E-state index is 12.9. The van der Waals surface area contributed by atoms with Gasteiger partial charge in [0.15, 0.2) is 0 Å². The lowest BCUT2D eigenvalue weighted by molar-refractivity contribution is 0.0908. The van der Waals surface area contributed by atoms with Crippen molar-refractivity contribution in [1.29, 1.82) is 0 Å². The van der Waals surface area contributed by atoms with Crippen LogP contribution in [0.4, 0.5) is 0 Å². The molecule has 31 heavy (non-hydrogen) atoms. The molecule has 0 saturated carbocycles. The van der Waals surface area contributed by atoms with E-state index in [1.54, 1.807) is 32.9 Å². The zero-order valence-corrected chi connectivity index (χ0v) is 19.6. The Labute approximate surface area is 186 Å². The van der Waals surface area contributed by atoms with E-state index < -0.39 is 15.6 Å². The minimum Gasteiger partial charge on any atom is -0.349 e. The highest BCUT2D eigenvalue weighted by molar-refractivity contribution is 7.89. The van der Waals surface area contributed by atoms with Crippen LogP contribution in [0.5, 0.6) is 0 Å². The van der Waals surface area contributed by atoms with Gasteiger partial charge in [-0.15, -0.1) is 0 Å². The smallest absolute Gasteiger partial charge is 0.251 e. The predicted octanol–water partition coefficient (Wildman–Crippen LogP) is 3.47. The van der Waals surface area contributed by atoms with Gasteiger partial charge in [-0.3, -0.25) is 9.69 Å². The summed E-state index contributed by atoms with van der Waals surface area (Å²) in [6.45, 7) is 9.95. The van der Waals surface area contributed by atoms with E-state index in [4.69, 9.17) is 0 Å². The van der Waals surface area contributed by atoms with E-state index in [2.05, 4.69) is 39.2 Å². The van der Waals surface area contributed by atoms with Crippen LogP contribution in [0, 0.1) is 6.92 Å². The summed E-state index contributed by atoms with van der Waals surface area (Å²) >= 11 is 0. The molecule has 2 aromatic rings. The minimum atomic E-state index is -3.70. The third kappa shape index (κ3) is 6.63. The molecular weight excluding hydrogens is 410 g/mol. The highest BCUT2D eigenvalue weighted by atomic mass is 32.2. The highest BCUT2D eigenvalue weighted by Gasteiger charge is 2.25. The van der Waals surface area contributed by atoms with Crippen molar-refractivity contribution in [3.05, 3.63) is 65.2 Å². The Morgan fingerprint density at radius 3 is 2.32 bits per heavy atom. The number of nitrogens with one attached hydrogen (secondary N) is 2. The molecule has 0 aromatic heterocycles. The molecule has 0 radical (unpaired) electrons. The van der Waals surface area contributed by atoms with Crippen LogP contribution in [0.15, 0.2) is 53.4 Å². The summed E-state index contributed by atoms with van der Waals surface area (Å²) in [7, 11) is -3.70. The number of rotatable bonds is 6. The van der Waals surface area contributed by atoms with Gasteiger partial charge >= 0.3 is 0 Å². The fourth-order valence-electron chi connectivity index (χ4n) is 3.82. The average Bonchev–Trinajstić information content (AvgIpc) is 2.68. The number of sulfonamides is 1. The van der Waals surface area contributed by atoms with Crippen LogP contribution in [0.2, 0.25) is 0 Å². The van der Waals surface area contributed by atoms with Crippen molar-refractivity contribution in [2.45, 2.75) is 63.6 Å². The molecule has 168 valence electrons. The largest absolute Gasteiger partial charge is 0.349 e. The van der Waals surface area contributed by atoms with E-state index in [0.717, 1.165) is 38.0 Å². The van der Waals surface area contributed by atoms with Crippen molar-refractivity contribution in [2.24, 2.45) is 0 Å². The van der Waals surface area contributed by atoms with E-state index in [0.29, 0.717) is 5.56 Å². The number of nitrogens with zero attached hydrogens (tertiary/aromatic N) is 1. The minimum absolute atomic E-state index is 0.0897. The highest BCUT2D eigenvalue weighted by Crippen LogP contribution is 2.19. The van der Waals surface area contributed by atoms with Gasteiger partial charge in [0.05, 0.1) is 4.90 Å². The first-order valence-corrected chi connectivity index (χ1v) is 12.2. The maximum Gasteiger partial charge on any atom is 0.251 e. The first-order chi connectivity index (χ1) is 14.5. The van der Waals surface area contributed by atoms with Gasteiger partial charge in [0.1, 0.15) is 0 Å². The Morgan fingerprint density at radius 2 is 1.71 bits per heavy atom. The number of hydrogen-bond acceptors (Lipinski definition) is 4. The number of benzene rings is 2. The molecule has 2 aromatic carbocycles. The van der Waals surface area contributed by atoms with Crippen LogP contribution < -0.4 is 10.0 Å². The molecule has 1 heterocycles. The Hall–Kier alpha value is -2.22. The Morgan fingerprint density at radius 1 is 1.06 bits per heavy atom. The van der Waals surface area contributed by atoms with Gasteiger partial charge in [0.25, 0.3) is 5.91 Å². The van der Waals surface area contributed by atoms with Crippen molar-refractivity contribution in [3.63, 3.8) is 0 Å². The Balaban J connectivity index is 1.62. The Kier molecular flexibility index (Phi) is 7.19. The van der Waals surface area contributed by atoms with Gasteiger partial charge in [0.2, 0.25) is 10.0 Å². The average molecular weight is 444 g/mol. The van der Waals surface area contributed by atoms with E-state index in [1.807, 2.05) is 13.0 Å². The van der Waals surface area contributed by atoms with Gasteiger partial charge in [-0.05, 0) is 63.8 Å². The predicted molar refractivity (Wildman–Crippen MR) is 123 cm³/mol. The zero-order valence-electron chi connectivity index (χ0n) is 18.8. The monoisotopic (exact) mass is 443 g/mol. The quantitative estimate of drug-likeness (QED) is 0.717. The van der Waals surface area contributed by atoms with Crippen molar-refractivity contribution in [2.75, 3.05) is 13.1 Å². The number of hydrogen-bond donors (Lipinski definition) is 2. The summed E-state index contributed by atoms with van der Waals surface area (Å²) in [6, 6.07) is 15.2. The number of aryl methyl sites for hydroxylation is 1. The summed E-state index contributed by atoms with van der Waals surface area (Å²) in [6.07, 6.45) is 1.75. The number of piperidine rings is 1. The van der Waals surface area contributed by atoms with Crippen molar-refractivity contribution < 1.29 is 13.2 Å². The number of carbonyl (C=O) groups is 1. The van der Waals surface area contributed by atoms with Gasteiger partial charge in [-0.1, -0.05) is 36.4 Å². The van der Waals surface area contributed by atoms with Crippen LogP contribution in [-0.2, 0) is 16.6 Å².